The van der Waals surface area contributed by atoms with Crippen molar-refractivity contribution in [3.05, 3.63) is 63.6 Å². The van der Waals surface area contributed by atoms with Crippen LogP contribution in [0.1, 0.15) is 23.7 Å². The van der Waals surface area contributed by atoms with Gasteiger partial charge in [-0.3, -0.25) is 9.20 Å². The molecule has 2 aromatic carbocycles. The molecule has 2 heterocycles. The molecule has 4 aromatic rings. The number of benzene rings is 2. The van der Waals surface area contributed by atoms with E-state index in [-0.39, 0.29) is 5.56 Å². The first-order valence-corrected chi connectivity index (χ1v) is 7.42. The average molecular weight is 275 g/mol. The van der Waals surface area contributed by atoms with Gasteiger partial charge in [-0.2, -0.15) is 0 Å². The molecule has 0 saturated carbocycles. The number of hydrogen-bond donors (Lipinski definition) is 0. The number of rotatable bonds is 1. The van der Waals surface area contributed by atoms with Crippen molar-refractivity contribution in [2.75, 3.05) is 0 Å². The molecule has 0 atom stereocenters. The molecule has 0 saturated heterocycles. The number of hydrogen-bond acceptors (Lipinski definition) is 1. The van der Waals surface area contributed by atoms with Gasteiger partial charge < -0.3 is 0 Å². The summed E-state index contributed by atoms with van der Waals surface area (Å²) in [5.74, 6) is 0. The Morgan fingerprint density at radius 1 is 0.952 bits per heavy atom. The fourth-order valence-corrected chi connectivity index (χ4v) is 3.44. The normalized spacial score (nSPS) is 12.0. The molecule has 2 aromatic heterocycles. The fraction of sp³-hybridized carbons (Fsp3) is 0.211. The fourth-order valence-electron chi connectivity index (χ4n) is 3.44. The zero-order valence-corrected chi connectivity index (χ0v) is 12.5. The van der Waals surface area contributed by atoms with Crippen molar-refractivity contribution in [1.29, 1.82) is 0 Å². The van der Waals surface area contributed by atoms with Crippen molar-refractivity contribution < 1.29 is 0 Å². The summed E-state index contributed by atoms with van der Waals surface area (Å²) in [6.45, 7) is 6.32. The van der Waals surface area contributed by atoms with E-state index in [0.717, 1.165) is 28.4 Å². The molecule has 0 bridgehead atoms. The van der Waals surface area contributed by atoms with E-state index in [1.54, 1.807) is 0 Å². The molecule has 2 nitrogen and oxygen atoms in total. The first-order chi connectivity index (χ1) is 10.1. The maximum absolute atomic E-state index is 12.8. The number of nitrogens with zero attached hydrogens (tertiary/aromatic N) is 1. The van der Waals surface area contributed by atoms with Gasteiger partial charge in [0.1, 0.15) is 0 Å². The van der Waals surface area contributed by atoms with Crippen LogP contribution in [-0.2, 0) is 6.42 Å². The Bertz CT molecular complexity index is 1060. The van der Waals surface area contributed by atoms with Crippen LogP contribution in [0.15, 0.2) is 41.2 Å². The molecule has 0 fully saturated rings. The molecule has 0 aliphatic heterocycles. The lowest BCUT2D eigenvalue weighted by molar-refractivity contribution is 1.06. The quantitative estimate of drug-likeness (QED) is 0.476. The molecular weight excluding hydrogens is 258 g/mol. The molecule has 0 N–H and O–H groups in total. The van der Waals surface area contributed by atoms with Crippen LogP contribution >= 0.6 is 0 Å². The van der Waals surface area contributed by atoms with Gasteiger partial charge >= 0.3 is 0 Å². The van der Waals surface area contributed by atoms with Gasteiger partial charge in [0.25, 0.3) is 5.56 Å². The van der Waals surface area contributed by atoms with E-state index in [2.05, 4.69) is 32.0 Å². The highest BCUT2D eigenvalue weighted by Gasteiger charge is 2.17. The molecule has 0 radical (unpaired) electrons. The second-order valence-electron chi connectivity index (χ2n) is 5.79. The van der Waals surface area contributed by atoms with E-state index in [1.165, 1.54) is 21.9 Å². The lowest BCUT2D eigenvalue weighted by Gasteiger charge is -2.08. The largest absolute Gasteiger partial charge is 0.280 e. The second-order valence-corrected chi connectivity index (χ2v) is 5.79. The molecular formula is C19H17NO. The Kier molecular flexibility index (Phi) is 2.41. The van der Waals surface area contributed by atoms with Crippen LogP contribution in [0.2, 0.25) is 0 Å². The first-order valence-electron chi connectivity index (χ1n) is 7.42. The minimum atomic E-state index is 0.0953. The molecule has 0 unspecified atom stereocenters. The van der Waals surface area contributed by atoms with Gasteiger partial charge in [0, 0.05) is 21.9 Å². The monoisotopic (exact) mass is 275 g/mol. The zero-order chi connectivity index (χ0) is 14.7. The van der Waals surface area contributed by atoms with Crippen LogP contribution in [0.5, 0.6) is 0 Å². The maximum Gasteiger partial charge on any atom is 0.263 e. The Morgan fingerprint density at radius 2 is 1.62 bits per heavy atom. The zero-order valence-electron chi connectivity index (χ0n) is 12.5. The minimum absolute atomic E-state index is 0.0953. The smallest absolute Gasteiger partial charge is 0.263 e. The second kappa shape index (κ2) is 4.08. The van der Waals surface area contributed by atoms with E-state index >= 15 is 0 Å². The Balaban J connectivity index is 2.47. The molecule has 21 heavy (non-hydrogen) atoms. The highest BCUT2D eigenvalue weighted by Crippen LogP contribution is 2.33. The Morgan fingerprint density at radius 3 is 2.33 bits per heavy atom. The highest BCUT2D eigenvalue weighted by molar-refractivity contribution is 6.12. The number of pyridine rings is 1. The van der Waals surface area contributed by atoms with Crippen LogP contribution in [-0.4, -0.2) is 4.40 Å². The molecule has 2 heteroatoms. The number of aromatic nitrogens is 1. The summed E-state index contributed by atoms with van der Waals surface area (Å²) in [6, 6.07) is 12.4. The van der Waals surface area contributed by atoms with Crippen molar-refractivity contribution in [2.24, 2.45) is 0 Å². The van der Waals surface area contributed by atoms with Crippen molar-refractivity contribution in [3.8, 4) is 0 Å². The lowest BCUT2D eigenvalue weighted by atomic mass is 10.0. The summed E-state index contributed by atoms with van der Waals surface area (Å²) in [6.07, 6.45) is 1.00. The summed E-state index contributed by atoms with van der Waals surface area (Å²) in [5, 5.41) is 4.27. The van der Waals surface area contributed by atoms with Gasteiger partial charge in [-0.15, -0.1) is 0 Å². The van der Waals surface area contributed by atoms with E-state index in [4.69, 9.17) is 0 Å². The van der Waals surface area contributed by atoms with Gasteiger partial charge in [0.15, 0.2) is 0 Å². The number of aryl methyl sites for hydroxylation is 3. The van der Waals surface area contributed by atoms with E-state index in [1.807, 2.05) is 29.5 Å². The van der Waals surface area contributed by atoms with E-state index in [9.17, 15) is 4.79 Å². The Hall–Kier alpha value is -2.35. The molecule has 0 spiro atoms. The van der Waals surface area contributed by atoms with Crippen molar-refractivity contribution in [3.63, 3.8) is 0 Å². The summed E-state index contributed by atoms with van der Waals surface area (Å²) >= 11 is 0. The predicted octanol–water partition coefficient (Wildman–Crippen LogP) is 4.22. The molecule has 0 aliphatic rings. The SMILES string of the molecule is CCc1cc2c(C)c(C)n3c(=O)c4ccccc4c(c1)c23. The van der Waals surface area contributed by atoms with Crippen LogP contribution in [0.25, 0.3) is 27.1 Å². The molecule has 104 valence electrons. The third-order valence-electron chi connectivity index (χ3n) is 4.73. The first kappa shape index (κ1) is 12.4. The minimum Gasteiger partial charge on any atom is -0.280 e. The average Bonchev–Trinajstić information content (AvgIpc) is 2.77. The summed E-state index contributed by atoms with van der Waals surface area (Å²) in [7, 11) is 0. The maximum atomic E-state index is 12.8. The van der Waals surface area contributed by atoms with Gasteiger partial charge in [-0.1, -0.05) is 25.1 Å². The molecule has 0 aliphatic carbocycles. The van der Waals surface area contributed by atoms with Crippen molar-refractivity contribution in [1.82, 2.24) is 4.40 Å². The summed E-state index contributed by atoms with van der Waals surface area (Å²) in [4.78, 5) is 12.8. The van der Waals surface area contributed by atoms with Gasteiger partial charge in [0.2, 0.25) is 0 Å². The van der Waals surface area contributed by atoms with Crippen LogP contribution in [0, 0.1) is 13.8 Å². The molecule has 4 rings (SSSR count). The Labute approximate surface area is 123 Å². The summed E-state index contributed by atoms with van der Waals surface area (Å²) < 4.78 is 1.89. The van der Waals surface area contributed by atoms with Gasteiger partial charge in [0.05, 0.1) is 5.52 Å². The van der Waals surface area contributed by atoms with Crippen LogP contribution in [0.3, 0.4) is 0 Å². The molecule has 0 amide bonds. The highest BCUT2D eigenvalue weighted by atomic mass is 16.1. The van der Waals surface area contributed by atoms with Gasteiger partial charge in [-0.25, -0.2) is 0 Å². The third-order valence-corrected chi connectivity index (χ3v) is 4.73. The van der Waals surface area contributed by atoms with Crippen molar-refractivity contribution in [2.45, 2.75) is 27.2 Å². The third kappa shape index (κ3) is 1.45. The van der Waals surface area contributed by atoms with Crippen LogP contribution in [0.4, 0.5) is 0 Å². The standard InChI is InChI=1S/C19H17NO/c1-4-13-9-16-11(2)12(3)20-18(16)17(10-13)14-7-5-6-8-15(14)19(20)21/h5-10H,4H2,1-3H3. The predicted molar refractivity (Wildman–Crippen MR) is 88.7 cm³/mol. The van der Waals surface area contributed by atoms with E-state index < -0.39 is 0 Å². The van der Waals surface area contributed by atoms with Gasteiger partial charge in [-0.05, 0) is 55.0 Å². The topological polar surface area (TPSA) is 21.5 Å². The summed E-state index contributed by atoms with van der Waals surface area (Å²) in [5.41, 5.74) is 4.76. The van der Waals surface area contributed by atoms with E-state index in [0.29, 0.717) is 0 Å². The lowest BCUT2D eigenvalue weighted by Crippen LogP contribution is -2.14. The van der Waals surface area contributed by atoms with Crippen LogP contribution < -0.4 is 5.56 Å². The number of fused-ring (bicyclic) bond motifs is 2. The van der Waals surface area contributed by atoms with Crippen molar-refractivity contribution >= 4 is 27.1 Å².